The van der Waals surface area contributed by atoms with E-state index in [0.717, 1.165) is 18.4 Å². The van der Waals surface area contributed by atoms with Crippen LogP contribution in [-0.2, 0) is 16.4 Å². The number of rotatable bonds is 6. The Morgan fingerprint density at radius 2 is 1.88 bits per heavy atom. The van der Waals surface area contributed by atoms with Gasteiger partial charge >= 0.3 is 0 Å². The van der Waals surface area contributed by atoms with Gasteiger partial charge in [0.15, 0.2) is 0 Å². The number of alkyl halides is 1. The second-order valence-electron chi connectivity index (χ2n) is 4.03. The molecule has 17 heavy (non-hydrogen) atoms. The Morgan fingerprint density at radius 1 is 1.29 bits per heavy atom. The quantitative estimate of drug-likeness (QED) is 0.819. The van der Waals surface area contributed by atoms with Crippen molar-refractivity contribution < 1.29 is 8.42 Å². The fourth-order valence-electron chi connectivity index (χ4n) is 1.45. The number of hydrogen-bond donors (Lipinski definition) is 1. The van der Waals surface area contributed by atoms with Gasteiger partial charge in [0, 0.05) is 11.4 Å². The fraction of sp³-hybridized carbons (Fsp3) is 0.500. The second kappa shape index (κ2) is 6.52. The summed E-state index contributed by atoms with van der Waals surface area (Å²) in [6, 6.07) is 7.03. The Balaban J connectivity index is 2.80. The van der Waals surface area contributed by atoms with Crippen molar-refractivity contribution in [3.63, 3.8) is 0 Å². The van der Waals surface area contributed by atoms with Crippen LogP contribution in [0.5, 0.6) is 0 Å². The maximum Gasteiger partial charge on any atom is 0.240 e. The monoisotopic (exact) mass is 319 g/mol. The third-order valence-corrected chi connectivity index (χ3v) is 4.09. The van der Waals surface area contributed by atoms with Crippen molar-refractivity contribution in [2.45, 2.75) is 36.4 Å². The van der Waals surface area contributed by atoms with Crippen LogP contribution in [0, 0.1) is 0 Å². The minimum atomic E-state index is -3.33. The third kappa shape index (κ3) is 4.77. The van der Waals surface area contributed by atoms with Crippen LogP contribution < -0.4 is 4.72 Å². The summed E-state index contributed by atoms with van der Waals surface area (Å²) < 4.78 is 26.2. The molecule has 0 amide bonds. The first kappa shape index (κ1) is 14.7. The molecule has 0 aromatic heterocycles. The maximum atomic E-state index is 11.8. The standard InChI is InChI=1S/C12H18BrNO2S/c1-3-8-14-17(15,16)12-6-4-11(5-7-12)9-10(2)13/h4-7,10,14H,3,8-9H2,1-2H3. The molecule has 1 unspecified atom stereocenters. The largest absolute Gasteiger partial charge is 0.240 e. The summed E-state index contributed by atoms with van der Waals surface area (Å²) in [6.07, 6.45) is 1.68. The van der Waals surface area contributed by atoms with E-state index < -0.39 is 10.0 Å². The third-order valence-electron chi connectivity index (χ3n) is 2.29. The highest BCUT2D eigenvalue weighted by Gasteiger charge is 2.12. The Morgan fingerprint density at radius 3 is 2.35 bits per heavy atom. The summed E-state index contributed by atoms with van der Waals surface area (Å²) in [7, 11) is -3.33. The van der Waals surface area contributed by atoms with Crippen LogP contribution in [0.4, 0.5) is 0 Å². The first-order chi connectivity index (χ1) is 7.95. The van der Waals surface area contributed by atoms with Gasteiger partial charge in [0.2, 0.25) is 10.0 Å². The molecule has 0 heterocycles. The van der Waals surface area contributed by atoms with Crippen LogP contribution in [0.15, 0.2) is 29.2 Å². The zero-order valence-corrected chi connectivity index (χ0v) is 12.5. The molecule has 0 saturated heterocycles. The molecule has 1 N–H and O–H groups in total. The molecule has 1 aromatic carbocycles. The van der Waals surface area contributed by atoms with Crippen LogP contribution in [0.1, 0.15) is 25.8 Å². The van der Waals surface area contributed by atoms with E-state index in [0.29, 0.717) is 16.3 Å². The van der Waals surface area contributed by atoms with E-state index in [1.165, 1.54) is 0 Å². The lowest BCUT2D eigenvalue weighted by atomic mass is 10.1. The lowest BCUT2D eigenvalue weighted by molar-refractivity contribution is 0.581. The molecular weight excluding hydrogens is 302 g/mol. The van der Waals surface area contributed by atoms with Gasteiger partial charge in [0.1, 0.15) is 0 Å². The van der Waals surface area contributed by atoms with Gasteiger partial charge in [-0.25, -0.2) is 13.1 Å². The van der Waals surface area contributed by atoms with Crippen molar-refractivity contribution in [2.24, 2.45) is 0 Å². The highest BCUT2D eigenvalue weighted by molar-refractivity contribution is 9.09. The highest BCUT2D eigenvalue weighted by Crippen LogP contribution is 2.14. The second-order valence-corrected chi connectivity index (χ2v) is 7.36. The molecule has 1 aromatic rings. The zero-order chi connectivity index (χ0) is 12.9. The van der Waals surface area contributed by atoms with Gasteiger partial charge in [-0.3, -0.25) is 0 Å². The minimum Gasteiger partial charge on any atom is -0.211 e. The minimum absolute atomic E-state index is 0.330. The smallest absolute Gasteiger partial charge is 0.211 e. The van der Waals surface area contributed by atoms with E-state index in [4.69, 9.17) is 0 Å². The number of benzene rings is 1. The van der Waals surface area contributed by atoms with E-state index >= 15 is 0 Å². The average molecular weight is 320 g/mol. The van der Waals surface area contributed by atoms with E-state index in [2.05, 4.69) is 27.6 Å². The lowest BCUT2D eigenvalue weighted by Gasteiger charge is -2.07. The molecule has 96 valence electrons. The van der Waals surface area contributed by atoms with E-state index in [-0.39, 0.29) is 0 Å². The van der Waals surface area contributed by atoms with Crippen LogP contribution in [0.3, 0.4) is 0 Å². The summed E-state index contributed by atoms with van der Waals surface area (Å²) in [4.78, 5) is 0.722. The molecule has 1 atom stereocenters. The molecule has 0 aliphatic carbocycles. The average Bonchev–Trinajstić information content (AvgIpc) is 2.26. The van der Waals surface area contributed by atoms with Gasteiger partial charge in [-0.15, -0.1) is 0 Å². The lowest BCUT2D eigenvalue weighted by Crippen LogP contribution is -2.24. The van der Waals surface area contributed by atoms with Crippen molar-refractivity contribution in [2.75, 3.05) is 6.54 Å². The molecule has 3 nitrogen and oxygen atoms in total. The molecule has 0 aliphatic heterocycles. The normalized spacial score (nSPS) is 13.6. The Bertz CT molecular complexity index is 440. The first-order valence-electron chi connectivity index (χ1n) is 5.68. The molecule has 1 rings (SSSR count). The Kier molecular flexibility index (Phi) is 5.62. The van der Waals surface area contributed by atoms with Gasteiger partial charge < -0.3 is 0 Å². The summed E-state index contributed by atoms with van der Waals surface area (Å²) in [5.74, 6) is 0. The molecule has 0 spiro atoms. The van der Waals surface area contributed by atoms with Crippen molar-refractivity contribution >= 4 is 26.0 Å². The summed E-state index contributed by atoms with van der Waals surface area (Å²) >= 11 is 3.47. The predicted molar refractivity (Wildman–Crippen MR) is 74.0 cm³/mol. The van der Waals surface area contributed by atoms with Crippen molar-refractivity contribution in [1.82, 2.24) is 4.72 Å². The van der Waals surface area contributed by atoms with Crippen LogP contribution >= 0.6 is 15.9 Å². The van der Waals surface area contributed by atoms with Gasteiger partial charge in [-0.2, -0.15) is 0 Å². The van der Waals surface area contributed by atoms with Gasteiger partial charge in [0.05, 0.1) is 4.90 Å². The van der Waals surface area contributed by atoms with Crippen LogP contribution in [0.25, 0.3) is 0 Å². The maximum absolute atomic E-state index is 11.8. The van der Waals surface area contributed by atoms with E-state index in [1.807, 2.05) is 19.1 Å². The highest BCUT2D eigenvalue weighted by atomic mass is 79.9. The van der Waals surface area contributed by atoms with Gasteiger partial charge in [0.25, 0.3) is 0 Å². The zero-order valence-electron chi connectivity index (χ0n) is 10.1. The van der Waals surface area contributed by atoms with E-state index in [1.54, 1.807) is 12.1 Å². The fourth-order valence-corrected chi connectivity index (χ4v) is 2.96. The molecule has 0 saturated carbocycles. The molecular formula is C12H18BrNO2S. The molecule has 0 aliphatic rings. The topological polar surface area (TPSA) is 46.2 Å². The molecule has 0 bridgehead atoms. The van der Waals surface area contributed by atoms with Gasteiger partial charge in [-0.1, -0.05) is 41.9 Å². The molecule has 0 fully saturated rings. The number of hydrogen-bond acceptors (Lipinski definition) is 2. The van der Waals surface area contributed by atoms with Crippen LogP contribution in [0.2, 0.25) is 0 Å². The molecule has 5 heteroatoms. The summed E-state index contributed by atoms with van der Waals surface area (Å²) in [5.41, 5.74) is 1.13. The number of nitrogens with one attached hydrogen (secondary N) is 1. The first-order valence-corrected chi connectivity index (χ1v) is 8.08. The SMILES string of the molecule is CCCNS(=O)(=O)c1ccc(CC(C)Br)cc1. The Labute approximate surface area is 112 Å². The van der Waals surface area contributed by atoms with E-state index in [9.17, 15) is 8.42 Å². The summed E-state index contributed by atoms with van der Waals surface area (Å²) in [6.45, 7) is 4.47. The van der Waals surface area contributed by atoms with Crippen molar-refractivity contribution in [1.29, 1.82) is 0 Å². The summed E-state index contributed by atoms with van der Waals surface area (Å²) in [5, 5.41) is 0. The van der Waals surface area contributed by atoms with Crippen molar-refractivity contribution in [3.8, 4) is 0 Å². The predicted octanol–water partition coefficient (Wildman–Crippen LogP) is 2.70. The van der Waals surface area contributed by atoms with Crippen LogP contribution in [-0.4, -0.2) is 19.8 Å². The number of halogens is 1. The van der Waals surface area contributed by atoms with Gasteiger partial charge in [-0.05, 0) is 30.5 Å². The molecule has 0 radical (unpaired) electrons. The Hall–Kier alpha value is -0.390. The number of sulfonamides is 1. The van der Waals surface area contributed by atoms with Crippen molar-refractivity contribution in [3.05, 3.63) is 29.8 Å².